The number of hydrogen-bond acceptors (Lipinski definition) is 4. The number of benzene rings is 2. The Balaban J connectivity index is 1.70. The van der Waals surface area contributed by atoms with Crippen LogP contribution in [0.15, 0.2) is 48.5 Å². The maximum absolute atomic E-state index is 13.1. The highest BCUT2D eigenvalue weighted by molar-refractivity contribution is 5.99. The topological polar surface area (TPSA) is 87.3 Å². The second-order valence-corrected chi connectivity index (χ2v) is 7.77. The number of hydrogen-bond donors (Lipinski definition) is 2. The number of amides is 1. The predicted octanol–water partition coefficient (Wildman–Crippen LogP) is 4.10. The van der Waals surface area contributed by atoms with Crippen molar-refractivity contribution in [2.45, 2.75) is 44.3 Å². The highest BCUT2D eigenvalue weighted by atomic mass is 19.4. The van der Waals surface area contributed by atoms with E-state index in [4.69, 9.17) is 0 Å². The maximum atomic E-state index is 13.1. The van der Waals surface area contributed by atoms with E-state index in [0.717, 1.165) is 6.42 Å². The van der Waals surface area contributed by atoms with Gasteiger partial charge in [0.25, 0.3) is 5.91 Å². The molecule has 1 aromatic heterocycles. The molecular formula is C23H20F3N3O3. The number of fused-ring (bicyclic) bond motifs is 1. The Bertz CT molecular complexity index is 1200. The predicted molar refractivity (Wildman–Crippen MR) is 110 cm³/mol. The smallest absolute Gasteiger partial charge is 0.406 e. The van der Waals surface area contributed by atoms with Crippen molar-refractivity contribution in [2.24, 2.45) is 0 Å². The average Bonchev–Trinajstić information content (AvgIpc) is 3.30. The first kappa shape index (κ1) is 21.7. The van der Waals surface area contributed by atoms with Gasteiger partial charge in [0.2, 0.25) is 0 Å². The number of carbonyl (C=O) groups is 1. The molecule has 1 aliphatic carbocycles. The van der Waals surface area contributed by atoms with E-state index in [2.05, 4.69) is 16.1 Å². The first-order valence-corrected chi connectivity index (χ1v) is 10.1. The number of aliphatic hydroxyl groups is 1. The molecule has 4 rings (SSSR count). The van der Waals surface area contributed by atoms with Gasteiger partial charge in [-0.15, -0.1) is 13.2 Å². The third kappa shape index (κ3) is 4.70. The van der Waals surface area contributed by atoms with Crippen molar-refractivity contribution >= 4 is 16.8 Å². The largest absolute Gasteiger partial charge is 0.573 e. The number of aromatic nitrogens is 1. The molecule has 0 spiro atoms. The molecule has 1 saturated carbocycles. The number of aliphatic hydroxyl groups excluding tert-OH is 1. The van der Waals surface area contributed by atoms with Crippen LogP contribution >= 0.6 is 0 Å². The number of alkyl halides is 3. The van der Waals surface area contributed by atoms with Gasteiger partial charge in [-0.25, -0.2) is 0 Å². The van der Waals surface area contributed by atoms with Crippen LogP contribution in [0.1, 0.15) is 40.9 Å². The van der Waals surface area contributed by atoms with Crippen LogP contribution in [0.2, 0.25) is 0 Å². The number of nitrogens with zero attached hydrogens (tertiary/aromatic N) is 2. The molecule has 6 nitrogen and oxygen atoms in total. The lowest BCUT2D eigenvalue weighted by Crippen LogP contribution is -2.40. The zero-order chi connectivity index (χ0) is 22.9. The van der Waals surface area contributed by atoms with Gasteiger partial charge in [-0.3, -0.25) is 4.79 Å². The molecule has 32 heavy (non-hydrogen) atoms. The Morgan fingerprint density at radius 2 is 2.03 bits per heavy atom. The second kappa shape index (κ2) is 8.55. The molecule has 1 fully saturated rings. The fourth-order valence-electron chi connectivity index (χ4n) is 4.07. The van der Waals surface area contributed by atoms with E-state index < -0.39 is 18.4 Å². The molecule has 2 aromatic carbocycles. The summed E-state index contributed by atoms with van der Waals surface area (Å²) < 4.78 is 43.5. The first-order valence-electron chi connectivity index (χ1n) is 10.1. The molecule has 0 unspecified atom stereocenters. The summed E-state index contributed by atoms with van der Waals surface area (Å²) in [5.74, 6) is -0.744. The van der Waals surface area contributed by atoms with E-state index in [9.17, 15) is 28.3 Å². The number of rotatable bonds is 5. The standard InChI is InChI=1S/C23H20F3N3O3/c24-23(25,26)32-17-4-1-3-15(10-17)13-29-19-8-7-14(12-27)9-16(19)11-20(29)22(31)28-18-5-2-6-21(18)30/h1,3-4,7-11,18,21,30H,2,5-6,13H2,(H,28,31)/t18-,21-/m1/s1. The van der Waals surface area contributed by atoms with Gasteiger partial charge in [0.1, 0.15) is 11.4 Å². The molecule has 1 heterocycles. The van der Waals surface area contributed by atoms with E-state index in [0.29, 0.717) is 34.9 Å². The Hall–Kier alpha value is -3.51. The number of carbonyl (C=O) groups excluding carboxylic acids is 1. The minimum Gasteiger partial charge on any atom is -0.406 e. The van der Waals surface area contributed by atoms with Gasteiger partial charge in [-0.2, -0.15) is 5.26 Å². The van der Waals surface area contributed by atoms with Crippen LogP contribution in [0.25, 0.3) is 10.9 Å². The molecule has 0 bridgehead atoms. The minimum absolute atomic E-state index is 0.112. The fourth-order valence-corrected chi connectivity index (χ4v) is 4.07. The van der Waals surface area contributed by atoms with Gasteiger partial charge in [0.05, 0.1) is 23.8 Å². The summed E-state index contributed by atoms with van der Waals surface area (Å²) in [6.07, 6.45) is -3.32. The van der Waals surface area contributed by atoms with Crippen LogP contribution in [-0.2, 0) is 6.54 Å². The quantitative estimate of drug-likeness (QED) is 0.622. The molecule has 2 atom stereocenters. The van der Waals surface area contributed by atoms with Gasteiger partial charge in [0, 0.05) is 17.4 Å². The van der Waals surface area contributed by atoms with E-state index in [1.807, 2.05) is 0 Å². The van der Waals surface area contributed by atoms with Crippen molar-refractivity contribution in [3.05, 3.63) is 65.4 Å². The lowest BCUT2D eigenvalue weighted by Gasteiger charge is -2.18. The Morgan fingerprint density at radius 3 is 2.72 bits per heavy atom. The molecule has 0 saturated heterocycles. The monoisotopic (exact) mass is 443 g/mol. The van der Waals surface area contributed by atoms with Crippen molar-refractivity contribution < 1.29 is 27.8 Å². The lowest BCUT2D eigenvalue weighted by molar-refractivity contribution is -0.274. The molecule has 9 heteroatoms. The summed E-state index contributed by atoms with van der Waals surface area (Å²) >= 11 is 0. The van der Waals surface area contributed by atoms with Crippen LogP contribution in [0, 0.1) is 11.3 Å². The van der Waals surface area contributed by atoms with Crippen molar-refractivity contribution in [1.29, 1.82) is 5.26 Å². The summed E-state index contributed by atoms with van der Waals surface area (Å²) in [5.41, 5.74) is 1.87. The van der Waals surface area contributed by atoms with Crippen molar-refractivity contribution in [3.8, 4) is 11.8 Å². The minimum atomic E-state index is -4.81. The third-order valence-corrected chi connectivity index (χ3v) is 5.53. The zero-order valence-corrected chi connectivity index (χ0v) is 16.9. The molecule has 1 aliphatic rings. The molecular weight excluding hydrogens is 423 g/mol. The Morgan fingerprint density at radius 1 is 1.22 bits per heavy atom. The van der Waals surface area contributed by atoms with Crippen molar-refractivity contribution in [1.82, 2.24) is 9.88 Å². The van der Waals surface area contributed by atoms with Gasteiger partial charge in [-0.1, -0.05) is 12.1 Å². The Labute approximate surface area is 181 Å². The van der Waals surface area contributed by atoms with Gasteiger partial charge >= 0.3 is 6.36 Å². The van der Waals surface area contributed by atoms with Crippen LogP contribution < -0.4 is 10.1 Å². The summed E-state index contributed by atoms with van der Waals surface area (Å²) in [7, 11) is 0. The summed E-state index contributed by atoms with van der Waals surface area (Å²) in [4.78, 5) is 13.1. The van der Waals surface area contributed by atoms with Crippen LogP contribution in [-0.4, -0.2) is 34.1 Å². The molecule has 0 radical (unpaired) electrons. The van der Waals surface area contributed by atoms with Gasteiger partial charge < -0.3 is 19.7 Å². The van der Waals surface area contributed by atoms with Crippen molar-refractivity contribution in [3.63, 3.8) is 0 Å². The SMILES string of the molecule is N#Cc1ccc2c(c1)cc(C(=O)N[C@@H]1CCC[C@H]1O)n2Cc1cccc(OC(F)(F)F)c1. The molecule has 166 valence electrons. The summed E-state index contributed by atoms with van der Waals surface area (Å²) in [6, 6.07) is 13.9. The maximum Gasteiger partial charge on any atom is 0.573 e. The highest BCUT2D eigenvalue weighted by Crippen LogP contribution is 2.27. The number of ether oxygens (including phenoxy) is 1. The summed E-state index contributed by atoms with van der Waals surface area (Å²) in [6.45, 7) is 0.112. The second-order valence-electron chi connectivity index (χ2n) is 7.77. The van der Waals surface area contributed by atoms with Crippen molar-refractivity contribution in [2.75, 3.05) is 0 Å². The van der Waals surface area contributed by atoms with Crippen LogP contribution in [0.5, 0.6) is 5.75 Å². The van der Waals surface area contributed by atoms with Crippen LogP contribution in [0.3, 0.4) is 0 Å². The summed E-state index contributed by atoms with van der Waals surface area (Å²) in [5, 5.41) is 22.8. The van der Waals surface area contributed by atoms with E-state index in [1.165, 1.54) is 18.2 Å². The van der Waals surface area contributed by atoms with Gasteiger partial charge in [-0.05, 0) is 61.2 Å². The van der Waals surface area contributed by atoms with E-state index in [-0.39, 0.29) is 24.0 Å². The molecule has 3 aromatic rings. The van der Waals surface area contributed by atoms with E-state index in [1.54, 1.807) is 34.9 Å². The van der Waals surface area contributed by atoms with Crippen LogP contribution in [0.4, 0.5) is 13.2 Å². The molecule has 2 N–H and O–H groups in total. The first-order chi connectivity index (χ1) is 15.2. The number of nitrogens with one attached hydrogen (secondary N) is 1. The highest BCUT2D eigenvalue weighted by Gasteiger charge is 2.31. The lowest BCUT2D eigenvalue weighted by atomic mass is 10.1. The van der Waals surface area contributed by atoms with E-state index >= 15 is 0 Å². The third-order valence-electron chi connectivity index (χ3n) is 5.53. The fraction of sp³-hybridized carbons (Fsp3) is 0.304. The average molecular weight is 443 g/mol. The number of halogens is 3. The normalized spacial score (nSPS) is 18.5. The van der Waals surface area contributed by atoms with Gasteiger partial charge in [0.15, 0.2) is 0 Å². The Kier molecular flexibility index (Phi) is 5.80. The molecule has 0 aliphatic heterocycles. The zero-order valence-electron chi connectivity index (χ0n) is 16.9. The molecule has 1 amide bonds. The number of nitriles is 1.